The first kappa shape index (κ1) is 19.9. The normalized spacial score (nSPS) is 10.6. The van der Waals surface area contributed by atoms with Crippen LogP contribution in [0.25, 0.3) is 6.08 Å². The molecule has 2 rings (SSSR count). The highest BCUT2D eigenvalue weighted by molar-refractivity contribution is 7.80. The second-order valence-electron chi connectivity index (χ2n) is 5.28. The molecule has 0 saturated carbocycles. The molecule has 0 aliphatic rings. The summed E-state index contributed by atoms with van der Waals surface area (Å²) in [5, 5.41) is 15.3. The SMILES string of the molecule is Cc1ccc(C(=O)O)cc1NC(=S)NC(=O)/C=C/c1ccc(Cl)cc1Cl. The third kappa shape index (κ3) is 5.56. The predicted molar refractivity (Wildman–Crippen MR) is 108 cm³/mol. The molecule has 8 heteroatoms. The Hall–Kier alpha value is -2.41. The molecule has 134 valence electrons. The van der Waals surface area contributed by atoms with E-state index in [0.717, 1.165) is 5.56 Å². The van der Waals surface area contributed by atoms with Gasteiger partial charge in [0.15, 0.2) is 5.11 Å². The molecule has 0 aromatic heterocycles. The summed E-state index contributed by atoms with van der Waals surface area (Å²) >= 11 is 16.9. The number of carboxylic acid groups (broad SMARTS) is 1. The fourth-order valence-electron chi connectivity index (χ4n) is 2.00. The van der Waals surface area contributed by atoms with E-state index in [2.05, 4.69) is 10.6 Å². The summed E-state index contributed by atoms with van der Waals surface area (Å²) in [7, 11) is 0. The van der Waals surface area contributed by atoms with Crippen molar-refractivity contribution in [2.75, 3.05) is 5.32 Å². The molecule has 0 unspecified atom stereocenters. The maximum Gasteiger partial charge on any atom is 0.335 e. The average Bonchev–Trinajstić information content (AvgIpc) is 2.55. The van der Waals surface area contributed by atoms with Crippen LogP contribution in [0, 0.1) is 6.92 Å². The van der Waals surface area contributed by atoms with Gasteiger partial charge in [0.25, 0.3) is 0 Å². The smallest absolute Gasteiger partial charge is 0.335 e. The van der Waals surface area contributed by atoms with E-state index in [-0.39, 0.29) is 10.7 Å². The Morgan fingerprint density at radius 2 is 1.88 bits per heavy atom. The van der Waals surface area contributed by atoms with Crippen LogP contribution < -0.4 is 10.6 Å². The van der Waals surface area contributed by atoms with Gasteiger partial charge in [0.05, 0.1) is 5.56 Å². The molecule has 0 radical (unpaired) electrons. The van der Waals surface area contributed by atoms with E-state index in [1.165, 1.54) is 24.3 Å². The second-order valence-corrected chi connectivity index (χ2v) is 6.53. The fourth-order valence-corrected chi connectivity index (χ4v) is 2.68. The molecular formula is C18H14Cl2N2O3S. The van der Waals surface area contributed by atoms with Gasteiger partial charge in [-0.2, -0.15) is 0 Å². The molecule has 0 heterocycles. The van der Waals surface area contributed by atoms with Crippen molar-refractivity contribution >= 4 is 64.2 Å². The zero-order valence-corrected chi connectivity index (χ0v) is 15.9. The number of aromatic carboxylic acids is 1. The molecule has 0 spiro atoms. The number of carbonyl (C=O) groups excluding carboxylic acids is 1. The molecule has 3 N–H and O–H groups in total. The lowest BCUT2D eigenvalue weighted by Gasteiger charge is -2.11. The monoisotopic (exact) mass is 408 g/mol. The molecule has 26 heavy (non-hydrogen) atoms. The van der Waals surface area contributed by atoms with E-state index in [1.54, 1.807) is 31.2 Å². The van der Waals surface area contributed by atoms with Crippen molar-refractivity contribution in [2.24, 2.45) is 0 Å². The van der Waals surface area contributed by atoms with Gasteiger partial charge < -0.3 is 10.4 Å². The second kappa shape index (κ2) is 8.80. The van der Waals surface area contributed by atoms with Crippen LogP contribution in [0.3, 0.4) is 0 Å². The van der Waals surface area contributed by atoms with Crippen molar-refractivity contribution in [1.29, 1.82) is 0 Å². The topological polar surface area (TPSA) is 78.4 Å². The standard InChI is InChI=1S/C18H14Cl2N2O3S/c1-10-2-3-12(17(24)25)8-15(10)21-18(26)22-16(23)7-5-11-4-6-13(19)9-14(11)20/h2-9H,1H3,(H,24,25)(H2,21,22,23,26)/b7-5+. The van der Waals surface area contributed by atoms with Crippen molar-refractivity contribution < 1.29 is 14.7 Å². The molecule has 0 saturated heterocycles. The number of benzene rings is 2. The number of carboxylic acids is 1. The Kier molecular flexibility index (Phi) is 6.74. The minimum Gasteiger partial charge on any atom is -0.478 e. The van der Waals surface area contributed by atoms with Crippen LogP contribution in [-0.4, -0.2) is 22.1 Å². The summed E-state index contributed by atoms with van der Waals surface area (Å²) in [6.07, 6.45) is 2.82. The number of nitrogens with one attached hydrogen (secondary N) is 2. The molecule has 0 bridgehead atoms. The number of amides is 1. The number of rotatable bonds is 4. The minimum atomic E-state index is -1.05. The number of halogens is 2. The van der Waals surface area contributed by atoms with E-state index >= 15 is 0 Å². The van der Waals surface area contributed by atoms with Crippen LogP contribution >= 0.6 is 35.4 Å². The summed E-state index contributed by atoms with van der Waals surface area (Å²) in [6.45, 7) is 1.79. The summed E-state index contributed by atoms with van der Waals surface area (Å²) in [5.41, 5.74) is 2.04. The number of anilines is 1. The van der Waals surface area contributed by atoms with Crippen molar-refractivity contribution in [2.45, 2.75) is 6.92 Å². The molecular weight excluding hydrogens is 395 g/mol. The third-order valence-corrected chi connectivity index (χ3v) is 4.11. The number of hydrogen-bond acceptors (Lipinski definition) is 3. The highest BCUT2D eigenvalue weighted by Crippen LogP contribution is 2.22. The number of hydrogen-bond donors (Lipinski definition) is 3. The van der Waals surface area contributed by atoms with Crippen molar-refractivity contribution in [3.05, 3.63) is 69.2 Å². The fraction of sp³-hybridized carbons (Fsp3) is 0.0556. The molecule has 0 atom stereocenters. The summed E-state index contributed by atoms with van der Waals surface area (Å²) in [5.74, 6) is -1.51. The Labute approximate surface area is 165 Å². The largest absolute Gasteiger partial charge is 0.478 e. The minimum absolute atomic E-state index is 0.0486. The average molecular weight is 409 g/mol. The highest BCUT2D eigenvalue weighted by Gasteiger charge is 2.08. The van der Waals surface area contributed by atoms with E-state index in [1.807, 2.05) is 0 Å². The summed E-state index contributed by atoms with van der Waals surface area (Å²) < 4.78 is 0. The Morgan fingerprint density at radius 3 is 2.54 bits per heavy atom. The summed E-state index contributed by atoms with van der Waals surface area (Å²) in [4.78, 5) is 23.0. The number of thiocarbonyl (C=S) groups is 1. The van der Waals surface area contributed by atoms with Gasteiger partial charge >= 0.3 is 5.97 Å². The Bertz CT molecular complexity index is 913. The van der Waals surface area contributed by atoms with Crippen LogP contribution in [0.15, 0.2) is 42.5 Å². The van der Waals surface area contributed by atoms with Gasteiger partial charge in [-0.15, -0.1) is 0 Å². The maximum atomic E-state index is 12.0. The van der Waals surface area contributed by atoms with Gasteiger partial charge in [-0.25, -0.2) is 4.79 Å². The molecule has 2 aromatic rings. The first-order chi connectivity index (χ1) is 12.3. The van der Waals surface area contributed by atoms with Crippen LogP contribution in [0.2, 0.25) is 10.0 Å². The first-order valence-electron chi connectivity index (χ1n) is 7.35. The van der Waals surface area contributed by atoms with Crippen LogP contribution in [0.1, 0.15) is 21.5 Å². The van der Waals surface area contributed by atoms with Gasteiger partial charge in [-0.3, -0.25) is 10.1 Å². The van der Waals surface area contributed by atoms with Crippen molar-refractivity contribution in [3.8, 4) is 0 Å². The molecule has 2 aromatic carbocycles. The Morgan fingerprint density at radius 1 is 1.15 bits per heavy atom. The van der Waals surface area contributed by atoms with Gasteiger partial charge in [0.1, 0.15) is 0 Å². The van der Waals surface area contributed by atoms with Gasteiger partial charge in [-0.05, 0) is 60.6 Å². The van der Waals surface area contributed by atoms with Crippen LogP contribution in [0.5, 0.6) is 0 Å². The van der Waals surface area contributed by atoms with Gasteiger partial charge in [0, 0.05) is 21.8 Å². The molecule has 1 amide bonds. The highest BCUT2D eigenvalue weighted by atomic mass is 35.5. The van der Waals surface area contributed by atoms with E-state index in [9.17, 15) is 9.59 Å². The number of carbonyl (C=O) groups is 2. The third-order valence-electron chi connectivity index (χ3n) is 3.35. The predicted octanol–water partition coefficient (Wildman–Crippen LogP) is 4.53. The van der Waals surface area contributed by atoms with Crippen molar-refractivity contribution in [3.63, 3.8) is 0 Å². The molecule has 0 aliphatic heterocycles. The lowest BCUT2D eigenvalue weighted by Crippen LogP contribution is -2.33. The quantitative estimate of drug-likeness (QED) is 0.511. The first-order valence-corrected chi connectivity index (χ1v) is 8.51. The van der Waals surface area contributed by atoms with Crippen LogP contribution in [0.4, 0.5) is 5.69 Å². The van der Waals surface area contributed by atoms with Crippen molar-refractivity contribution in [1.82, 2.24) is 5.32 Å². The lowest BCUT2D eigenvalue weighted by molar-refractivity contribution is -0.115. The molecule has 5 nitrogen and oxygen atoms in total. The van der Waals surface area contributed by atoms with E-state index in [0.29, 0.717) is 21.3 Å². The zero-order valence-electron chi connectivity index (χ0n) is 13.5. The lowest BCUT2D eigenvalue weighted by atomic mass is 10.1. The van der Waals surface area contributed by atoms with E-state index in [4.69, 9.17) is 40.5 Å². The summed E-state index contributed by atoms with van der Waals surface area (Å²) in [6, 6.07) is 9.51. The number of aryl methyl sites for hydroxylation is 1. The maximum absolute atomic E-state index is 12.0. The zero-order chi connectivity index (χ0) is 19.3. The van der Waals surface area contributed by atoms with Gasteiger partial charge in [-0.1, -0.05) is 35.3 Å². The molecule has 0 fully saturated rings. The molecule has 0 aliphatic carbocycles. The van der Waals surface area contributed by atoms with Gasteiger partial charge in [0.2, 0.25) is 5.91 Å². The Balaban J connectivity index is 2.01. The van der Waals surface area contributed by atoms with Crippen LogP contribution in [-0.2, 0) is 4.79 Å². The van der Waals surface area contributed by atoms with E-state index < -0.39 is 11.9 Å².